The summed E-state index contributed by atoms with van der Waals surface area (Å²) in [5.41, 5.74) is 1.09. The van der Waals surface area contributed by atoms with E-state index in [1.54, 1.807) is 25.1 Å². The Balaban J connectivity index is 1.52. The van der Waals surface area contributed by atoms with Crippen LogP contribution < -0.4 is 19.1 Å². The Bertz CT molecular complexity index is 1030. The average Bonchev–Trinajstić information content (AvgIpc) is 3.16. The number of rotatable bonds is 3. The quantitative estimate of drug-likeness (QED) is 0.863. The van der Waals surface area contributed by atoms with Crippen molar-refractivity contribution in [2.75, 3.05) is 22.2 Å². The average molecular weight is 388 g/mol. The summed E-state index contributed by atoms with van der Waals surface area (Å²) >= 11 is 0. The summed E-state index contributed by atoms with van der Waals surface area (Å²) in [6.07, 6.45) is 0. The number of anilines is 2. The van der Waals surface area contributed by atoms with E-state index in [1.165, 1.54) is 24.3 Å². The van der Waals surface area contributed by atoms with Crippen LogP contribution in [0.15, 0.2) is 42.5 Å². The zero-order valence-corrected chi connectivity index (χ0v) is 15.2. The topological polar surface area (TPSA) is 102 Å². The highest BCUT2D eigenvalue weighted by Gasteiger charge is 2.41. The van der Waals surface area contributed by atoms with E-state index in [4.69, 9.17) is 9.47 Å². The standard InChI is InChI=1S/C18H16N2O6S/c1-11-9-27(23,24)20(18(11)22)14-5-2-12(3-6-14)17(21)19-13-4-7-15-16(8-13)26-10-25-15/h2-8,11H,9-10H2,1H3,(H,19,21)/t11-/m0/s1. The van der Waals surface area contributed by atoms with Gasteiger partial charge in [0.25, 0.3) is 5.91 Å². The number of nitrogens with one attached hydrogen (secondary N) is 1. The highest BCUT2D eigenvalue weighted by Crippen LogP contribution is 2.34. The van der Waals surface area contributed by atoms with Crippen molar-refractivity contribution in [2.45, 2.75) is 6.92 Å². The molecule has 1 atom stereocenters. The maximum absolute atomic E-state index is 12.4. The van der Waals surface area contributed by atoms with Crippen molar-refractivity contribution in [1.82, 2.24) is 0 Å². The van der Waals surface area contributed by atoms with Gasteiger partial charge in [-0.1, -0.05) is 6.92 Å². The molecule has 8 nitrogen and oxygen atoms in total. The first kappa shape index (κ1) is 17.3. The number of amides is 2. The molecule has 2 aliphatic heterocycles. The number of fused-ring (bicyclic) bond motifs is 1. The van der Waals surface area contributed by atoms with Crippen LogP contribution >= 0.6 is 0 Å². The van der Waals surface area contributed by atoms with E-state index in [2.05, 4.69) is 5.32 Å². The second kappa shape index (κ2) is 6.27. The van der Waals surface area contributed by atoms with Crippen molar-refractivity contribution >= 4 is 33.2 Å². The van der Waals surface area contributed by atoms with Crippen LogP contribution in [-0.2, 0) is 14.8 Å². The van der Waals surface area contributed by atoms with Crippen LogP contribution in [0.4, 0.5) is 11.4 Å². The summed E-state index contributed by atoms with van der Waals surface area (Å²) in [5.74, 6) is -0.461. The molecule has 1 N–H and O–H groups in total. The maximum Gasteiger partial charge on any atom is 0.255 e. The number of benzene rings is 2. The van der Waals surface area contributed by atoms with Gasteiger partial charge < -0.3 is 14.8 Å². The summed E-state index contributed by atoms with van der Waals surface area (Å²) in [7, 11) is -3.67. The van der Waals surface area contributed by atoms with Crippen LogP contribution in [0.3, 0.4) is 0 Å². The van der Waals surface area contributed by atoms with Gasteiger partial charge in [-0.25, -0.2) is 12.7 Å². The van der Waals surface area contributed by atoms with Gasteiger partial charge in [0.1, 0.15) is 0 Å². The molecule has 140 valence electrons. The Morgan fingerprint density at radius 3 is 2.48 bits per heavy atom. The zero-order valence-electron chi connectivity index (χ0n) is 14.3. The lowest BCUT2D eigenvalue weighted by atomic mass is 10.1. The van der Waals surface area contributed by atoms with E-state index in [9.17, 15) is 18.0 Å². The third-order valence-electron chi connectivity index (χ3n) is 4.35. The van der Waals surface area contributed by atoms with Gasteiger partial charge in [0.05, 0.1) is 17.4 Å². The number of carbonyl (C=O) groups is 2. The van der Waals surface area contributed by atoms with E-state index in [1.807, 2.05) is 0 Å². The molecule has 2 amide bonds. The van der Waals surface area contributed by atoms with Crippen molar-refractivity contribution < 1.29 is 27.5 Å². The predicted octanol–water partition coefficient (Wildman–Crippen LogP) is 1.98. The van der Waals surface area contributed by atoms with Crippen LogP contribution in [0.2, 0.25) is 0 Å². The molecule has 0 radical (unpaired) electrons. The monoisotopic (exact) mass is 388 g/mol. The second-order valence-corrected chi connectivity index (χ2v) is 8.21. The van der Waals surface area contributed by atoms with Crippen LogP contribution in [-0.4, -0.2) is 32.8 Å². The molecule has 0 bridgehead atoms. The molecule has 27 heavy (non-hydrogen) atoms. The van der Waals surface area contributed by atoms with Gasteiger partial charge in [-0.05, 0) is 36.4 Å². The van der Waals surface area contributed by atoms with Gasteiger partial charge in [-0.2, -0.15) is 0 Å². The molecule has 1 fully saturated rings. The number of ether oxygens (including phenoxy) is 2. The summed E-state index contributed by atoms with van der Waals surface area (Å²) in [6, 6.07) is 10.9. The number of carbonyl (C=O) groups excluding carboxylic acids is 2. The number of hydrogen-bond donors (Lipinski definition) is 1. The molecule has 0 spiro atoms. The van der Waals surface area contributed by atoms with E-state index < -0.39 is 21.8 Å². The van der Waals surface area contributed by atoms with E-state index in [0.29, 0.717) is 22.7 Å². The molecule has 0 aromatic heterocycles. The summed E-state index contributed by atoms with van der Waals surface area (Å²) in [4.78, 5) is 24.5. The summed E-state index contributed by atoms with van der Waals surface area (Å²) in [5, 5.41) is 2.74. The Hall–Kier alpha value is -3.07. The van der Waals surface area contributed by atoms with Gasteiger partial charge in [0.2, 0.25) is 22.7 Å². The Morgan fingerprint density at radius 2 is 1.81 bits per heavy atom. The van der Waals surface area contributed by atoms with E-state index in [0.717, 1.165) is 4.31 Å². The molecule has 1 saturated heterocycles. The van der Waals surface area contributed by atoms with E-state index in [-0.39, 0.29) is 24.1 Å². The van der Waals surface area contributed by atoms with Crippen molar-refractivity contribution in [3.8, 4) is 11.5 Å². The Kier molecular flexibility index (Phi) is 4.03. The molecule has 2 aromatic rings. The number of nitrogens with zero attached hydrogens (tertiary/aromatic N) is 1. The second-order valence-electron chi connectivity index (χ2n) is 6.35. The lowest BCUT2D eigenvalue weighted by Crippen LogP contribution is -2.30. The van der Waals surface area contributed by atoms with Crippen molar-refractivity contribution in [3.63, 3.8) is 0 Å². The third kappa shape index (κ3) is 3.10. The first-order valence-electron chi connectivity index (χ1n) is 8.23. The predicted molar refractivity (Wildman–Crippen MR) is 97.4 cm³/mol. The summed E-state index contributed by atoms with van der Waals surface area (Å²) in [6.45, 7) is 1.72. The van der Waals surface area contributed by atoms with Crippen molar-refractivity contribution in [3.05, 3.63) is 48.0 Å². The molecule has 4 rings (SSSR count). The first-order chi connectivity index (χ1) is 12.8. The van der Waals surface area contributed by atoms with Crippen LogP contribution in [0.25, 0.3) is 0 Å². The summed E-state index contributed by atoms with van der Waals surface area (Å²) < 4.78 is 35.6. The third-order valence-corrected chi connectivity index (χ3v) is 6.22. The fraction of sp³-hybridized carbons (Fsp3) is 0.222. The molecule has 2 heterocycles. The lowest BCUT2D eigenvalue weighted by Gasteiger charge is -2.15. The van der Waals surface area contributed by atoms with Gasteiger partial charge in [-0.15, -0.1) is 0 Å². The fourth-order valence-corrected chi connectivity index (χ4v) is 4.83. The molecular weight excluding hydrogens is 372 g/mol. The largest absolute Gasteiger partial charge is 0.454 e. The number of sulfonamides is 1. The van der Waals surface area contributed by atoms with Gasteiger partial charge in [0.15, 0.2) is 11.5 Å². The zero-order chi connectivity index (χ0) is 19.2. The minimum atomic E-state index is -3.67. The lowest BCUT2D eigenvalue weighted by molar-refractivity contribution is -0.119. The maximum atomic E-state index is 12.4. The van der Waals surface area contributed by atoms with Crippen LogP contribution in [0, 0.1) is 5.92 Å². The molecule has 0 unspecified atom stereocenters. The van der Waals surface area contributed by atoms with Gasteiger partial charge in [0, 0.05) is 17.3 Å². The smallest absolute Gasteiger partial charge is 0.255 e. The fourth-order valence-electron chi connectivity index (χ4n) is 3.01. The van der Waals surface area contributed by atoms with Gasteiger partial charge in [-0.3, -0.25) is 9.59 Å². The van der Waals surface area contributed by atoms with Crippen molar-refractivity contribution in [1.29, 1.82) is 0 Å². The van der Waals surface area contributed by atoms with Crippen molar-refractivity contribution in [2.24, 2.45) is 5.92 Å². The molecule has 2 aliphatic rings. The number of hydrogen-bond acceptors (Lipinski definition) is 6. The van der Waals surface area contributed by atoms with Crippen LogP contribution in [0.1, 0.15) is 17.3 Å². The molecule has 0 aliphatic carbocycles. The minimum absolute atomic E-state index is 0.144. The SMILES string of the molecule is C[C@H]1CS(=O)(=O)N(c2ccc(C(=O)Nc3ccc4c(c3)OCO4)cc2)C1=O. The minimum Gasteiger partial charge on any atom is -0.454 e. The molecule has 9 heteroatoms. The Morgan fingerprint density at radius 1 is 1.11 bits per heavy atom. The molecular formula is C18H16N2O6S. The first-order valence-corrected chi connectivity index (χ1v) is 9.84. The van der Waals surface area contributed by atoms with Crippen LogP contribution in [0.5, 0.6) is 11.5 Å². The normalized spacial score (nSPS) is 20.0. The molecule has 0 saturated carbocycles. The van der Waals surface area contributed by atoms with E-state index >= 15 is 0 Å². The Labute approximate surface area is 155 Å². The highest BCUT2D eigenvalue weighted by atomic mass is 32.2. The van der Waals surface area contributed by atoms with Gasteiger partial charge >= 0.3 is 0 Å². The highest BCUT2D eigenvalue weighted by molar-refractivity contribution is 7.94. The molecule has 2 aromatic carbocycles.